The number of halogens is 1. The molecule has 1 fully saturated rings. The summed E-state index contributed by atoms with van der Waals surface area (Å²) in [5, 5.41) is 4.07. The molecule has 0 radical (unpaired) electrons. The largest absolute Gasteiger partial charge is 0.490 e. The normalized spacial score (nSPS) is 13.2. The second-order valence-electron chi connectivity index (χ2n) is 7.29. The van der Waals surface area contributed by atoms with Crippen molar-refractivity contribution in [2.45, 2.75) is 26.7 Å². The van der Waals surface area contributed by atoms with Crippen molar-refractivity contribution in [2.24, 2.45) is 5.10 Å². The van der Waals surface area contributed by atoms with Crippen LogP contribution in [0, 0.1) is 0 Å². The van der Waals surface area contributed by atoms with Gasteiger partial charge in [0.15, 0.2) is 18.1 Å². The van der Waals surface area contributed by atoms with Crippen LogP contribution in [0.25, 0.3) is 0 Å². The lowest BCUT2D eigenvalue weighted by atomic mass is 10.2. The number of rotatable bonds is 10. The fraction of sp³-hybridized carbons (Fsp3) is 0.375. The maximum absolute atomic E-state index is 12.4. The van der Waals surface area contributed by atoms with E-state index in [4.69, 9.17) is 14.2 Å². The average Bonchev–Trinajstić information content (AvgIpc) is 3.35. The topological polar surface area (TPSA) is 89.5 Å². The zero-order valence-electron chi connectivity index (χ0n) is 18.8. The van der Waals surface area contributed by atoms with Crippen molar-refractivity contribution in [3.05, 3.63) is 52.0 Å². The van der Waals surface area contributed by atoms with Crippen molar-refractivity contribution in [1.82, 2.24) is 5.43 Å². The van der Waals surface area contributed by atoms with Crippen molar-refractivity contribution in [3.63, 3.8) is 0 Å². The molecular formula is C24H28BrN3O5. The van der Waals surface area contributed by atoms with E-state index < -0.39 is 5.97 Å². The molecule has 1 saturated heterocycles. The van der Waals surface area contributed by atoms with Crippen molar-refractivity contribution in [3.8, 4) is 11.5 Å². The molecule has 1 aliphatic heterocycles. The number of hydrazone groups is 1. The van der Waals surface area contributed by atoms with E-state index in [0.717, 1.165) is 18.8 Å². The molecule has 1 N–H and O–H groups in total. The van der Waals surface area contributed by atoms with Crippen LogP contribution >= 0.6 is 15.9 Å². The number of anilines is 1. The molecule has 176 valence electrons. The van der Waals surface area contributed by atoms with Gasteiger partial charge >= 0.3 is 5.97 Å². The molecule has 3 rings (SSSR count). The van der Waals surface area contributed by atoms with Crippen molar-refractivity contribution in [2.75, 3.05) is 37.8 Å². The molecule has 1 aliphatic rings. The molecule has 0 aliphatic carbocycles. The lowest BCUT2D eigenvalue weighted by Gasteiger charge is -2.17. The third-order valence-corrected chi connectivity index (χ3v) is 5.67. The lowest BCUT2D eigenvalue weighted by molar-refractivity contribution is -0.145. The van der Waals surface area contributed by atoms with Crippen molar-refractivity contribution in [1.29, 1.82) is 0 Å². The first-order chi connectivity index (χ1) is 16.0. The third kappa shape index (κ3) is 6.95. The molecule has 1 amide bonds. The second kappa shape index (κ2) is 12.2. The van der Waals surface area contributed by atoms with Gasteiger partial charge in [-0.05, 0) is 79.0 Å². The Morgan fingerprint density at radius 2 is 1.76 bits per heavy atom. The Bertz CT molecular complexity index is 988. The maximum Gasteiger partial charge on any atom is 0.344 e. The highest BCUT2D eigenvalue weighted by Crippen LogP contribution is 2.33. The number of hydrogen-bond acceptors (Lipinski definition) is 7. The predicted octanol–water partition coefficient (Wildman–Crippen LogP) is 4.15. The van der Waals surface area contributed by atoms with E-state index in [0.29, 0.717) is 33.7 Å². The first-order valence-corrected chi connectivity index (χ1v) is 11.7. The molecule has 1 heterocycles. The Kier molecular flexibility index (Phi) is 9.12. The van der Waals surface area contributed by atoms with Crippen LogP contribution in [0.15, 0.2) is 46.0 Å². The molecule has 0 saturated carbocycles. The molecule has 2 aromatic carbocycles. The van der Waals surface area contributed by atoms with E-state index in [-0.39, 0.29) is 19.1 Å². The number of carbonyl (C=O) groups excluding carboxylic acids is 2. The van der Waals surface area contributed by atoms with Gasteiger partial charge < -0.3 is 19.1 Å². The number of nitrogens with one attached hydrogen (secondary N) is 1. The molecule has 0 bridgehead atoms. The van der Waals surface area contributed by atoms with Gasteiger partial charge in [-0.15, -0.1) is 0 Å². The van der Waals surface area contributed by atoms with E-state index in [1.807, 2.05) is 19.1 Å². The maximum atomic E-state index is 12.4. The second-order valence-corrected chi connectivity index (χ2v) is 8.14. The number of nitrogens with zero attached hydrogens (tertiary/aromatic N) is 2. The summed E-state index contributed by atoms with van der Waals surface area (Å²) < 4.78 is 16.7. The van der Waals surface area contributed by atoms with E-state index in [1.54, 1.807) is 31.2 Å². The van der Waals surface area contributed by atoms with Gasteiger partial charge in [0.05, 0.1) is 19.4 Å². The fourth-order valence-electron chi connectivity index (χ4n) is 3.39. The minimum Gasteiger partial charge on any atom is -0.490 e. The summed E-state index contributed by atoms with van der Waals surface area (Å²) in [5.41, 5.74) is 4.88. The monoisotopic (exact) mass is 517 g/mol. The van der Waals surface area contributed by atoms with Crippen molar-refractivity contribution < 1.29 is 23.8 Å². The van der Waals surface area contributed by atoms with Crippen LogP contribution < -0.4 is 19.8 Å². The van der Waals surface area contributed by atoms with Crippen molar-refractivity contribution >= 4 is 39.7 Å². The highest BCUT2D eigenvalue weighted by molar-refractivity contribution is 9.10. The zero-order chi connectivity index (χ0) is 23.6. The Balaban J connectivity index is 1.63. The van der Waals surface area contributed by atoms with Gasteiger partial charge in [0, 0.05) is 34.4 Å². The van der Waals surface area contributed by atoms with Crippen LogP contribution in [-0.2, 0) is 9.53 Å². The molecule has 0 atom stereocenters. The van der Waals surface area contributed by atoms with Crippen LogP contribution in [0.1, 0.15) is 42.6 Å². The summed E-state index contributed by atoms with van der Waals surface area (Å²) in [6.07, 6.45) is 3.92. The summed E-state index contributed by atoms with van der Waals surface area (Å²) in [5.74, 6) is 0.0963. The fourth-order valence-corrected chi connectivity index (χ4v) is 3.82. The molecular weight excluding hydrogens is 490 g/mol. The molecule has 2 aromatic rings. The summed E-state index contributed by atoms with van der Waals surface area (Å²) in [6.45, 7) is 6.17. The SMILES string of the molecule is CCOC(=O)COc1cc(Br)c(/C=N\NC(=O)c2ccc(N3CCCC3)cc2)cc1OCC. The van der Waals surface area contributed by atoms with E-state index >= 15 is 0 Å². The molecule has 9 heteroatoms. The van der Waals surface area contributed by atoms with Crippen LogP contribution in [0.3, 0.4) is 0 Å². The van der Waals surface area contributed by atoms with Gasteiger partial charge in [-0.1, -0.05) is 0 Å². The number of ether oxygens (including phenoxy) is 3. The highest BCUT2D eigenvalue weighted by atomic mass is 79.9. The van der Waals surface area contributed by atoms with Gasteiger partial charge in [0.2, 0.25) is 0 Å². The zero-order valence-corrected chi connectivity index (χ0v) is 20.4. The number of amides is 1. The predicted molar refractivity (Wildman–Crippen MR) is 130 cm³/mol. The minimum atomic E-state index is -0.460. The minimum absolute atomic E-state index is 0.222. The average molecular weight is 518 g/mol. The third-order valence-electron chi connectivity index (χ3n) is 4.98. The van der Waals surface area contributed by atoms with Gasteiger partial charge in [-0.3, -0.25) is 4.79 Å². The van der Waals surface area contributed by atoms with E-state index in [9.17, 15) is 9.59 Å². The Hall–Kier alpha value is -3.07. The molecule has 0 unspecified atom stereocenters. The Morgan fingerprint density at radius 3 is 2.42 bits per heavy atom. The number of esters is 1. The van der Waals surface area contributed by atoms with Gasteiger partial charge in [0.25, 0.3) is 5.91 Å². The first-order valence-electron chi connectivity index (χ1n) is 10.9. The van der Waals surface area contributed by atoms with E-state index in [2.05, 4.69) is 31.4 Å². The Morgan fingerprint density at radius 1 is 1.06 bits per heavy atom. The Labute approximate surface area is 202 Å². The number of benzene rings is 2. The first kappa shape index (κ1) is 24.6. The summed E-state index contributed by atoms with van der Waals surface area (Å²) in [4.78, 5) is 26.3. The standard InChI is InChI=1S/C24H28BrN3O5/c1-3-31-21-13-18(20(25)14-22(21)33-16-23(29)32-4-2)15-26-27-24(30)17-7-9-19(10-8-17)28-11-5-6-12-28/h7-10,13-15H,3-6,11-12,16H2,1-2H3,(H,27,30)/b26-15-. The lowest BCUT2D eigenvalue weighted by Crippen LogP contribution is -2.19. The van der Waals surface area contributed by atoms with Crippen LogP contribution in [0.4, 0.5) is 5.69 Å². The molecule has 33 heavy (non-hydrogen) atoms. The van der Waals surface area contributed by atoms with Crippen LogP contribution in [0.2, 0.25) is 0 Å². The quantitative estimate of drug-likeness (QED) is 0.289. The smallest absolute Gasteiger partial charge is 0.344 e. The molecule has 8 nitrogen and oxygen atoms in total. The van der Waals surface area contributed by atoms with Gasteiger partial charge in [-0.2, -0.15) is 5.10 Å². The van der Waals surface area contributed by atoms with E-state index in [1.165, 1.54) is 19.1 Å². The summed E-state index contributed by atoms with van der Waals surface area (Å²) in [6, 6.07) is 10.9. The summed E-state index contributed by atoms with van der Waals surface area (Å²) >= 11 is 3.46. The van der Waals surface area contributed by atoms with Crippen LogP contribution in [-0.4, -0.2) is 51.0 Å². The molecule has 0 aromatic heterocycles. The highest BCUT2D eigenvalue weighted by Gasteiger charge is 2.14. The number of hydrogen-bond donors (Lipinski definition) is 1. The number of carbonyl (C=O) groups is 2. The van der Waals surface area contributed by atoms with Gasteiger partial charge in [-0.25, -0.2) is 10.2 Å². The molecule has 0 spiro atoms. The van der Waals surface area contributed by atoms with Gasteiger partial charge in [0.1, 0.15) is 0 Å². The van der Waals surface area contributed by atoms with Crippen LogP contribution in [0.5, 0.6) is 11.5 Å². The summed E-state index contributed by atoms with van der Waals surface area (Å²) in [7, 11) is 0.